The molecular formula is C24H22NO+. The minimum atomic E-state index is 0.966. The number of nitrogens with zero attached hydrogens (tertiary/aromatic N) is 1. The molecule has 0 unspecified atom stereocenters. The van der Waals surface area contributed by atoms with Crippen LogP contribution in [0.5, 0.6) is 11.5 Å². The standard InChI is InChI=1S/C24H22NO/c1-13-11-17-9-10-25(5)23-21-16(4)20-14(2)7-6-8-18(20)15(3)24(21)26-19(12-13)22(17)23/h6-12H,1-5H3/q+1. The summed E-state index contributed by atoms with van der Waals surface area (Å²) in [5.74, 6) is 1.97. The summed E-state index contributed by atoms with van der Waals surface area (Å²) in [6, 6.07) is 13.1. The summed E-state index contributed by atoms with van der Waals surface area (Å²) in [6.07, 6.45) is 2.16. The monoisotopic (exact) mass is 340 g/mol. The minimum Gasteiger partial charge on any atom is -0.455 e. The molecule has 2 heterocycles. The Bertz CT molecular complexity index is 1250. The van der Waals surface area contributed by atoms with E-state index in [9.17, 15) is 0 Å². The fraction of sp³-hybridized carbons (Fsp3) is 0.208. The summed E-state index contributed by atoms with van der Waals surface area (Å²) in [4.78, 5) is 0. The predicted molar refractivity (Wildman–Crippen MR) is 107 cm³/mol. The van der Waals surface area contributed by atoms with E-state index in [1.54, 1.807) is 0 Å². The lowest BCUT2D eigenvalue weighted by Crippen LogP contribution is -2.32. The van der Waals surface area contributed by atoms with Crippen LogP contribution in [0, 0.1) is 27.7 Å². The highest BCUT2D eigenvalue weighted by Crippen LogP contribution is 2.50. The first-order chi connectivity index (χ1) is 12.5. The third-order valence-corrected chi connectivity index (χ3v) is 5.79. The summed E-state index contributed by atoms with van der Waals surface area (Å²) >= 11 is 0. The third kappa shape index (κ3) is 1.84. The van der Waals surface area contributed by atoms with Gasteiger partial charge in [0.1, 0.15) is 18.5 Å². The smallest absolute Gasteiger partial charge is 0.228 e. The average molecular weight is 340 g/mol. The average Bonchev–Trinajstić information content (AvgIpc) is 2.61. The molecule has 0 fully saturated rings. The lowest BCUT2D eigenvalue weighted by molar-refractivity contribution is -0.659. The Hall–Kier alpha value is -2.87. The lowest BCUT2D eigenvalue weighted by atomic mass is 9.87. The first-order valence-corrected chi connectivity index (χ1v) is 9.11. The van der Waals surface area contributed by atoms with Crippen molar-refractivity contribution in [3.8, 4) is 22.8 Å². The second-order valence-corrected chi connectivity index (χ2v) is 7.56. The molecule has 0 saturated carbocycles. The molecule has 0 atom stereocenters. The van der Waals surface area contributed by atoms with Crippen molar-refractivity contribution in [2.24, 2.45) is 7.05 Å². The molecular weight excluding hydrogens is 318 g/mol. The molecule has 0 spiro atoms. The van der Waals surface area contributed by atoms with E-state index in [-0.39, 0.29) is 0 Å². The molecule has 0 N–H and O–H groups in total. The Labute approximate surface area is 153 Å². The van der Waals surface area contributed by atoms with Crippen molar-refractivity contribution in [1.29, 1.82) is 0 Å². The zero-order valence-corrected chi connectivity index (χ0v) is 15.9. The van der Waals surface area contributed by atoms with Gasteiger partial charge in [0.25, 0.3) is 0 Å². The van der Waals surface area contributed by atoms with E-state index in [0.717, 1.165) is 11.5 Å². The van der Waals surface area contributed by atoms with Crippen LogP contribution in [0.3, 0.4) is 0 Å². The van der Waals surface area contributed by atoms with E-state index in [2.05, 4.69) is 81.9 Å². The molecule has 0 bridgehead atoms. The van der Waals surface area contributed by atoms with Crippen molar-refractivity contribution in [3.05, 3.63) is 64.8 Å². The van der Waals surface area contributed by atoms with Gasteiger partial charge in [-0.3, -0.25) is 0 Å². The second kappa shape index (κ2) is 5.07. The first kappa shape index (κ1) is 15.4. The van der Waals surface area contributed by atoms with Crippen LogP contribution in [-0.2, 0) is 7.05 Å². The first-order valence-electron chi connectivity index (χ1n) is 9.11. The van der Waals surface area contributed by atoms with Gasteiger partial charge in [0.05, 0.1) is 10.9 Å². The number of hydrogen-bond donors (Lipinski definition) is 0. The van der Waals surface area contributed by atoms with E-state index < -0.39 is 0 Å². The van der Waals surface area contributed by atoms with Crippen LogP contribution in [0.2, 0.25) is 0 Å². The quantitative estimate of drug-likeness (QED) is 0.324. The minimum absolute atomic E-state index is 0.966. The Balaban J connectivity index is 2.05. The van der Waals surface area contributed by atoms with Crippen molar-refractivity contribution >= 4 is 21.5 Å². The molecule has 4 aromatic rings. The highest BCUT2D eigenvalue weighted by Gasteiger charge is 2.32. The zero-order valence-electron chi connectivity index (χ0n) is 15.9. The molecule has 5 rings (SSSR count). The molecule has 2 heteroatoms. The fourth-order valence-corrected chi connectivity index (χ4v) is 4.60. The molecule has 128 valence electrons. The van der Waals surface area contributed by atoms with Crippen molar-refractivity contribution in [3.63, 3.8) is 0 Å². The maximum atomic E-state index is 6.53. The van der Waals surface area contributed by atoms with E-state index in [0.29, 0.717) is 0 Å². The van der Waals surface area contributed by atoms with E-state index in [4.69, 9.17) is 4.74 Å². The van der Waals surface area contributed by atoms with Gasteiger partial charge in [-0.25, -0.2) is 4.57 Å². The molecule has 2 nitrogen and oxygen atoms in total. The summed E-state index contributed by atoms with van der Waals surface area (Å²) < 4.78 is 8.77. The summed E-state index contributed by atoms with van der Waals surface area (Å²) in [5, 5.41) is 5.08. The second-order valence-electron chi connectivity index (χ2n) is 7.56. The number of ether oxygens (including phenoxy) is 1. The van der Waals surface area contributed by atoms with Crippen molar-refractivity contribution in [2.75, 3.05) is 0 Å². The van der Waals surface area contributed by atoms with Crippen LogP contribution in [0.1, 0.15) is 22.3 Å². The van der Waals surface area contributed by atoms with Gasteiger partial charge in [-0.1, -0.05) is 24.3 Å². The van der Waals surface area contributed by atoms with Crippen molar-refractivity contribution in [1.82, 2.24) is 0 Å². The topological polar surface area (TPSA) is 13.1 Å². The Morgan fingerprint density at radius 1 is 0.885 bits per heavy atom. The van der Waals surface area contributed by atoms with Crippen LogP contribution >= 0.6 is 0 Å². The van der Waals surface area contributed by atoms with Crippen LogP contribution < -0.4 is 9.30 Å². The number of fused-ring (bicyclic) bond motifs is 3. The van der Waals surface area contributed by atoms with Gasteiger partial charge in [0, 0.05) is 11.6 Å². The Kier molecular flexibility index (Phi) is 3.00. The summed E-state index contributed by atoms with van der Waals surface area (Å²) in [6.45, 7) is 8.74. The highest BCUT2D eigenvalue weighted by molar-refractivity contribution is 6.07. The van der Waals surface area contributed by atoms with E-state index in [1.165, 1.54) is 55.1 Å². The number of aryl methyl sites for hydroxylation is 5. The number of hydrogen-bond acceptors (Lipinski definition) is 1. The van der Waals surface area contributed by atoms with Crippen LogP contribution in [0.15, 0.2) is 42.6 Å². The van der Waals surface area contributed by atoms with Gasteiger partial charge >= 0.3 is 0 Å². The largest absolute Gasteiger partial charge is 0.455 e. The highest BCUT2D eigenvalue weighted by atomic mass is 16.5. The Morgan fingerprint density at radius 3 is 2.50 bits per heavy atom. The van der Waals surface area contributed by atoms with E-state index in [1.807, 2.05) is 0 Å². The third-order valence-electron chi connectivity index (χ3n) is 5.79. The van der Waals surface area contributed by atoms with E-state index >= 15 is 0 Å². The molecule has 0 amide bonds. The molecule has 26 heavy (non-hydrogen) atoms. The van der Waals surface area contributed by atoms with Gasteiger partial charge in [-0.2, -0.15) is 0 Å². The Morgan fingerprint density at radius 2 is 1.69 bits per heavy atom. The lowest BCUT2D eigenvalue weighted by Gasteiger charge is -2.24. The van der Waals surface area contributed by atoms with Gasteiger partial charge in [0.15, 0.2) is 6.20 Å². The van der Waals surface area contributed by atoms with Gasteiger partial charge in [-0.15, -0.1) is 0 Å². The number of benzene rings is 3. The number of rotatable bonds is 0. The van der Waals surface area contributed by atoms with Gasteiger partial charge in [-0.05, 0) is 66.6 Å². The molecule has 0 aliphatic carbocycles. The maximum Gasteiger partial charge on any atom is 0.228 e. The zero-order chi connectivity index (χ0) is 18.2. The fourth-order valence-electron chi connectivity index (χ4n) is 4.60. The number of pyridine rings is 1. The van der Waals surface area contributed by atoms with Crippen molar-refractivity contribution < 1.29 is 9.30 Å². The van der Waals surface area contributed by atoms with Crippen LogP contribution in [-0.4, -0.2) is 0 Å². The van der Waals surface area contributed by atoms with Crippen LogP contribution in [0.25, 0.3) is 32.8 Å². The molecule has 3 aromatic carbocycles. The summed E-state index contributed by atoms with van der Waals surface area (Å²) in [7, 11) is 2.13. The van der Waals surface area contributed by atoms with Crippen LogP contribution in [0.4, 0.5) is 0 Å². The van der Waals surface area contributed by atoms with Crippen molar-refractivity contribution in [2.45, 2.75) is 27.7 Å². The number of aromatic nitrogens is 1. The van der Waals surface area contributed by atoms with Gasteiger partial charge in [0.2, 0.25) is 5.69 Å². The normalized spacial score (nSPS) is 12.3. The predicted octanol–water partition coefficient (Wildman–Crippen LogP) is 5.82. The molecule has 1 aliphatic heterocycles. The molecule has 1 aliphatic rings. The SMILES string of the molecule is Cc1cc2c3c([n+](C)ccc3c1)-c1c(c(C)c3cccc(C)c3c1C)O2. The maximum absolute atomic E-state index is 6.53. The summed E-state index contributed by atoms with van der Waals surface area (Å²) in [5.41, 5.74) is 7.54. The molecule has 0 radical (unpaired) electrons. The van der Waals surface area contributed by atoms with Gasteiger partial charge < -0.3 is 4.74 Å². The molecule has 0 saturated heterocycles. The molecule has 1 aromatic heterocycles.